The normalized spacial score (nSPS) is 24.8. The Labute approximate surface area is 246 Å². The number of hydrogen-bond acceptors (Lipinski definition) is 8. The van der Waals surface area contributed by atoms with Crippen LogP contribution >= 0.6 is 11.3 Å². The number of aromatic amines is 1. The molecule has 3 N–H and O–H groups in total. The first-order chi connectivity index (χ1) is 20.3. The molecule has 9 nitrogen and oxygen atoms in total. The smallest absolute Gasteiger partial charge is 0.308 e. The Kier molecular flexibility index (Phi) is 7.15. The van der Waals surface area contributed by atoms with E-state index in [1.807, 2.05) is 12.1 Å². The number of piperazine rings is 1. The van der Waals surface area contributed by atoms with E-state index in [9.17, 15) is 14.3 Å². The van der Waals surface area contributed by atoms with Crippen LogP contribution in [0.3, 0.4) is 0 Å². The van der Waals surface area contributed by atoms with Gasteiger partial charge in [0.1, 0.15) is 17.2 Å². The monoisotopic (exact) mass is 593 g/mol. The van der Waals surface area contributed by atoms with Gasteiger partial charge in [0.2, 0.25) is 0 Å². The highest BCUT2D eigenvalue weighted by Crippen LogP contribution is 2.47. The number of fused-ring (bicyclic) bond motifs is 4. The van der Waals surface area contributed by atoms with Crippen LogP contribution in [-0.4, -0.2) is 80.1 Å². The Hall–Kier alpha value is -3.48. The first-order valence-electron chi connectivity index (χ1n) is 14.5. The molecular weight excluding hydrogens is 560 g/mol. The maximum absolute atomic E-state index is 16.4. The molecule has 0 amide bonds. The van der Waals surface area contributed by atoms with Crippen molar-refractivity contribution in [3.05, 3.63) is 47.1 Å². The van der Waals surface area contributed by atoms with Crippen molar-refractivity contribution in [3.63, 3.8) is 0 Å². The number of aromatic nitrogens is 4. The number of carbonyl (C=O) groups is 1. The topological polar surface area (TPSA) is 110 Å². The third kappa shape index (κ3) is 5.05. The van der Waals surface area contributed by atoms with Gasteiger partial charge in [0.05, 0.1) is 17.0 Å². The van der Waals surface area contributed by atoms with Crippen molar-refractivity contribution in [2.24, 2.45) is 17.8 Å². The number of rotatable bonds is 7. The number of likely N-dealkylation sites (N-methyl/N-ethyl adjacent to an activating group) is 1. The van der Waals surface area contributed by atoms with Gasteiger partial charge in [-0.15, -0.1) is 11.3 Å². The molecule has 3 aliphatic carbocycles. The highest BCUT2D eigenvalue weighted by molar-refractivity contribution is 7.15. The van der Waals surface area contributed by atoms with Gasteiger partial charge in [-0.1, -0.05) is 0 Å². The summed E-state index contributed by atoms with van der Waals surface area (Å²) in [7, 11) is 2.12. The Morgan fingerprint density at radius 3 is 2.64 bits per heavy atom. The molecule has 4 aromatic rings. The molecule has 0 spiro atoms. The summed E-state index contributed by atoms with van der Waals surface area (Å²) in [6.45, 7) is 4.75. The molecule has 8 rings (SSSR count). The average molecular weight is 594 g/mol. The van der Waals surface area contributed by atoms with E-state index in [0.717, 1.165) is 69.5 Å². The zero-order chi connectivity index (χ0) is 29.0. The lowest BCUT2D eigenvalue weighted by Crippen LogP contribution is -2.51. The van der Waals surface area contributed by atoms with Crippen molar-refractivity contribution >= 4 is 34.2 Å². The molecule has 4 aromatic heterocycles. The van der Waals surface area contributed by atoms with Gasteiger partial charge in [-0.25, -0.2) is 23.7 Å². The molecule has 5 heterocycles. The number of anilines is 1. The van der Waals surface area contributed by atoms with Gasteiger partial charge in [0, 0.05) is 60.8 Å². The Balaban J connectivity index is 1.28. The van der Waals surface area contributed by atoms with Crippen LogP contribution in [0.25, 0.3) is 33.0 Å². The number of thiophene rings is 1. The number of carboxylic acids is 1. The summed E-state index contributed by atoms with van der Waals surface area (Å²) in [6, 6.07) is 4.82. The molecule has 0 aromatic carbocycles. The molecule has 2 bridgehead atoms. The second kappa shape index (κ2) is 11.0. The van der Waals surface area contributed by atoms with Crippen LogP contribution < -0.4 is 5.32 Å². The van der Waals surface area contributed by atoms with Crippen LogP contribution in [0.15, 0.2) is 30.6 Å². The highest BCUT2D eigenvalue weighted by Gasteiger charge is 2.47. The molecule has 12 heteroatoms. The van der Waals surface area contributed by atoms with E-state index in [1.54, 1.807) is 6.20 Å². The molecule has 4 fully saturated rings. The third-order valence-electron chi connectivity index (χ3n) is 9.27. The number of nitrogens with one attached hydrogen (secondary N) is 2. The fourth-order valence-electron chi connectivity index (χ4n) is 6.98. The second-order valence-corrected chi connectivity index (χ2v) is 13.0. The molecular formula is C30H33F2N7O2S. The largest absolute Gasteiger partial charge is 0.481 e. The predicted molar refractivity (Wildman–Crippen MR) is 157 cm³/mol. The Morgan fingerprint density at radius 2 is 1.88 bits per heavy atom. The Bertz CT molecular complexity index is 1630. The number of H-pyrrole nitrogens is 1. The molecule has 3 saturated carbocycles. The van der Waals surface area contributed by atoms with Gasteiger partial charge in [-0.3, -0.25) is 9.69 Å². The minimum Gasteiger partial charge on any atom is -0.481 e. The van der Waals surface area contributed by atoms with Gasteiger partial charge < -0.3 is 20.3 Å². The second-order valence-electron chi connectivity index (χ2n) is 11.9. The number of halogens is 2. The van der Waals surface area contributed by atoms with Crippen molar-refractivity contribution in [3.8, 4) is 22.0 Å². The maximum Gasteiger partial charge on any atom is 0.308 e. The lowest BCUT2D eigenvalue weighted by molar-refractivity contribution is -0.148. The van der Waals surface area contributed by atoms with Crippen molar-refractivity contribution in [2.75, 3.05) is 38.5 Å². The maximum atomic E-state index is 16.4. The van der Waals surface area contributed by atoms with Crippen molar-refractivity contribution in [2.45, 2.75) is 38.3 Å². The minimum atomic E-state index is -0.859. The van der Waals surface area contributed by atoms with Gasteiger partial charge in [-0.2, -0.15) is 0 Å². The molecule has 0 radical (unpaired) electrons. The van der Waals surface area contributed by atoms with E-state index in [4.69, 9.17) is 0 Å². The van der Waals surface area contributed by atoms with E-state index >= 15 is 4.39 Å². The fraction of sp³-hybridized carbons (Fsp3) is 0.467. The van der Waals surface area contributed by atoms with Gasteiger partial charge in [0.25, 0.3) is 0 Å². The van der Waals surface area contributed by atoms with Crippen LogP contribution in [0.5, 0.6) is 0 Å². The average Bonchev–Trinajstić information content (AvgIpc) is 3.63. The molecule has 1 aliphatic heterocycles. The zero-order valence-corrected chi connectivity index (χ0v) is 24.1. The lowest BCUT2D eigenvalue weighted by atomic mass is 9.61. The van der Waals surface area contributed by atoms with E-state index in [1.165, 1.54) is 17.4 Å². The van der Waals surface area contributed by atoms with E-state index in [2.05, 4.69) is 42.1 Å². The summed E-state index contributed by atoms with van der Waals surface area (Å²) < 4.78 is 30.5. The summed E-state index contributed by atoms with van der Waals surface area (Å²) in [4.78, 5) is 35.2. The molecule has 42 heavy (non-hydrogen) atoms. The minimum absolute atomic E-state index is 0.0217. The third-order valence-corrected chi connectivity index (χ3v) is 10.3. The number of pyridine rings is 1. The summed E-state index contributed by atoms with van der Waals surface area (Å²) in [5.41, 5.74) is 1.11. The molecule has 220 valence electrons. The SMILES string of the molecule is CN1CCN(Cc2ccc(-c3nc(-c4c[nH]c5ncc(F)cc45)nc(NC4C5CCC(CC5)C4C(=O)O)c3F)s2)CC1. The van der Waals surface area contributed by atoms with Gasteiger partial charge >= 0.3 is 5.97 Å². The molecule has 2 unspecified atom stereocenters. The van der Waals surface area contributed by atoms with Crippen LogP contribution in [0.2, 0.25) is 0 Å². The highest BCUT2D eigenvalue weighted by atomic mass is 32.1. The molecule has 2 atom stereocenters. The number of carboxylic acid groups (broad SMARTS) is 1. The lowest BCUT2D eigenvalue weighted by Gasteiger charge is -2.47. The zero-order valence-electron chi connectivity index (χ0n) is 23.3. The van der Waals surface area contributed by atoms with Crippen LogP contribution in [0, 0.1) is 29.4 Å². The van der Waals surface area contributed by atoms with Gasteiger partial charge in [0.15, 0.2) is 17.5 Å². The summed E-state index contributed by atoms with van der Waals surface area (Å²) in [5.74, 6) is -2.20. The summed E-state index contributed by atoms with van der Waals surface area (Å²) in [6.07, 6.45) is 6.35. The number of aliphatic carboxylic acids is 1. The van der Waals surface area contributed by atoms with E-state index in [0.29, 0.717) is 21.5 Å². The van der Waals surface area contributed by atoms with E-state index < -0.39 is 29.6 Å². The van der Waals surface area contributed by atoms with Crippen LogP contribution in [0.1, 0.15) is 30.6 Å². The van der Waals surface area contributed by atoms with Crippen LogP contribution in [-0.2, 0) is 11.3 Å². The first kappa shape index (κ1) is 27.4. The summed E-state index contributed by atoms with van der Waals surface area (Å²) in [5, 5.41) is 13.8. The van der Waals surface area contributed by atoms with Crippen LogP contribution in [0.4, 0.5) is 14.6 Å². The van der Waals surface area contributed by atoms with E-state index in [-0.39, 0.29) is 29.2 Å². The molecule has 4 aliphatic rings. The van der Waals surface area contributed by atoms with Crippen molar-refractivity contribution in [1.82, 2.24) is 29.7 Å². The predicted octanol–water partition coefficient (Wildman–Crippen LogP) is 5.08. The molecule has 1 saturated heterocycles. The van der Waals surface area contributed by atoms with Gasteiger partial charge in [-0.05, 0) is 62.8 Å². The van der Waals surface area contributed by atoms with Crippen molar-refractivity contribution < 1.29 is 18.7 Å². The number of nitrogens with zero attached hydrogens (tertiary/aromatic N) is 5. The fourth-order valence-corrected chi connectivity index (χ4v) is 8.01. The number of hydrogen-bond donors (Lipinski definition) is 3. The standard InChI is InChI=1S/C30H33F2N7O2S/c1-38-8-10-39(11-9-38)15-19-6-7-22(42-19)26-24(32)29(35-25-17-4-2-16(3-5-17)23(25)30(40)41)37-28(36-26)21-14-34-27-20(21)12-18(31)13-33-27/h6-7,12-14,16-17,23,25H,2-5,8-11,15H2,1H3,(H,33,34)(H,40,41)(H,35,36,37). The summed E-state index contributed by atoms with van der Waals surface area (Å²) >= 11 is 1.49. The Morgan fingerprint density at radius 1 is 1.12 bits per heavy atom. The quantitative estimate of drug-likeness (QED) is 0.272. The van der Waals surface area contributed by atoms with Crippen molar-refractivity contribution in [1.29, 1.82) is 0 Å². The first-order valence-corrected chi connectivity index (χ1v) is 15.4.